The number of para-hydroxylation sites is 1. The van der Waals surface area contributed by atoms with Crippen molar-refractivity contribution in [2.45, 2.75) is 6.42 Å². The average Bonchev–Trinajstić information content (AvgIpc) is 2.87. The first-order valence-corrected chi connectivity index (χ1v) is 6.76. The number of nitrogens with zero attached hydrogens (tertiary/aromatic N) is 1. The Morgan fingerprint density at radius 2 is 2.25 bits per heavy atom. The molecule has 104 valence electrons. The van der Waals surface area contributed by atoms with E-state index in [-0.39, 0.29) is 5.75 Å². The fourth-order valence-electron chi connectivity index (χ4n) is 1.48. The van der Waals surface area contributed by atoms with Gasteiger partial charge in [0.2, 0.25) is 0 Å². The molecule has 0 spiro atoms. The van der Waals surface area contributed by atoms with Crippen molar-refractivity contribution in [3.05, 3.63) is 52.2 Å². The predicted molar refractivity (Wildman–Crippen MR) is 74.4 cm³/mol. The zero-order valence-corrected chi connectivity index (χ0v) is 11.3. The lowest BCUT2D eigenvalue weighted by Crippen LogP contribution is -2.02. The molecular weight excluding hydrogens is 281 g/mol. The molecule has 20 heavy (non-hydrogen) atoms. The van der Waals surface area contributed by atoms with Crippen molar-refractivity contribution < 1.29 is 19.0 Å². The Morgan fingerprint density at radius 3 is 3.00 bits per heavy atom. The first-order chi connectivity index (χ1) is 9.65. The van der Waals surface area contributed by atoms with Gasteiger partial charge in [-0.1, -0.05) is 12.1 Å². The van der Waals surface area contributed by atoms with Gasteiger partial charge in [-0.2, -0.15) is 0 Å². The number of carboxylic acids is 1. The molecule has 1 aromatic heterocycles. The molecule has 0 unspecified atom stereocenters. The van der Waals surface area contributed by atoms with E-state index in [9.17, 15) is 9.18 Å². The SMILES string of the molecule is O=C(O)/C=C/c1csc(CCOc2ccccc2F)n1. The fourth-order valence-corrected chi connectivity index (χ4v) is 2.23. The van der Waals surface area contributed by atoms with Crippen LogP contribution in [0.25, 0.3) is 6.08 Å². The molecule has 0 bridgehead atoms. The van der Waals surface area contributed by atoms with Crippen LogP contribution in [0.4, 0.5) is 4.39 Å². The molecule has 2 rings (SSSR count). The van der Waals surface area contributed by atoms with Crippen LogP contribution in [0, 0.1) is 5.82 Å². The molecule has 0 aliphatic heterocycles. The minimum Gasteiger partial charge on any atom is -0.490 e. The first-order valence-electron chi connectivity index (χ1n) is 5.88. The van der Waals surface area contributed by atoms with E-state index in [1.165, 1.54) is 23.5 Å². The third-order valence-electron chi connectivity index (χ3n) is 2.38. The van der Waals surface area contributed by atoms with E-state index in [4.69, 9.17) is 9.84 Å². The molecule has 1 aromatic carbocycles. The number of hydrogen-bond acceptors (Lipinski definition) is 4. The number of hydrogen-bond donors (Lipinski definition) is 1. The van der Waals surface area contributed by atoms with Gasteiger partial charge < -0.3 is 9.84 Å². The van der Waals surface area contributed by atoms with Crippen molar-refractivity contribution in [1.29, 1.82) is 0 Å². The summed E-state index contributed by atoms with van der Waals surface area (Å²) >= 11 is 1.41. The molecule has 0 radical (unpaired) electrons. The summed E-state index contributed by atoms with van der Waals surface area (Å²) < 4.78 is 18.6. The number of halogens is 1. The summed E-state index contributed by atoms with van der Waals surface area (Å²) in [4.78, 5) is 14.6. The van der Waals surface area contributed by atoms with Gasteiger partial charge in [-0.15, -0.1) is 11.3 Å². The lowest BCUT2D eigenvalue weighted by Gasteiger charge is -2.05. The van der Waals surface area contributed by atoms with Gasteiger partial charge in [0.25, 0.3) is 0 Å². The van der Waals surface area contributed by atoms with E-state index in [1.54, 1.807) is 23.6 Å². The van der Waals surface area contributed by atoms with E-state index < -0.39 is 11.8 Å². The average molecular weight is 293 g/mol. The molecule has 4 nitrogen and oxygen atoms in total. The standard InChI is InChI=1S/C14H12FNO3S/c15-11-3-1-2-4-12(11)19-8-7-13-16-10(9-20-13)5-6-14(17)18/h1-6,9H,7-8H2,(H,17,18)/b6-5+. The first kappa shape index (κ1) is 14.2. The summed E-state index contributed by atoms with van der Waals surface area (Å²) in [7, 11) is 0. The van der Waals surface area contributed by atoms with E-state index in [0.717, 1.165) is 11.1 Å². The molecule has 0 atom stereocenters. The van der Waals surface area contributed by atoms with Gasteiger partial charge in [-0.3, -0.25) is 0 Å². The number of benzene rings is 1. The molecule has 0 fully saturated rings. The number of thiazole rings is 1. The Bertz CT molecular complexity index is 624. The monoisotopic (exact) mass is 293 g/mol. The van der Waals surface area contributed by atoms with Crippen LogP contribution in [0.2, 0.25) is 0 Å². The van der Waals surface area contributed by atoms with Crippen molar-refractivity contribution in [3.63, 3.8) is 0 Å². The highest BCUT2D eigenvalue weighted by Gasteiger charge is 2.04. The fraction of sp³-hybridized carbons (Fsp3) is 0.143. The van der Waals surface area contributed by atoms with Gasteiger partial charge >= 0.3 is 5.97 Å². The van der Waals surface area contributed by atoms with Crippen LogP contribution in [0.15, 0.2) is 35.7 Å². The van der Waals surface area contributed by atoms with Crippen molar-refractivity contribution >= 4 is 23.4 Å². The Hall–Kier alpha value is -2.21. The zero-order valence-electron chi connectivity index (χ0n) is 10.5. The Balaban J connectivity index is 1.86. The molecule has 0 saturated heterocycles. The third-order valence-corrected chi connectivity index (χ3v) is 3.30. The smallest absolute Gasteiger partial charge is 0.328 e. The van der Waals surface area contributed by atoms with Crippen LogP contribution < -0.4 is 4.74 Å². The molecular formula is C14H12FNO3S. The van der Waals surface area contributed by atoms with Gasteiger partial charge in [0.15, 0.2) is 11.6 Å². The second kappa shape index (κ2) is 6.81. The Labute approximate surface area is 119 Å². The van der Waals surface area contributed by atoms with Crippen LogP contribution in [0.3, 0.4) is 0 Å². The van der Waals surface area contributed by atoms with Crippen molar-refractivity contribution in [3.8, 4) is 5.75 Å². The maximum Gasteiger partial charge on any atom is 0.328 e. The molecule has 2 aromatic rings. The predicted octanol–water partition coefficient (Wildman–Crippen LogP) is 3.00. The summed E-state index contributed by atoms with van der Waals surface area (Å²) in [5.41, 5.74) is 0.596. The summed E-state index contributed by atoms with van der Waals surface area (Å²) in [5, 5.41) is 11.1. The second-order valence-electron chi connectivity index (χ2n) is 3.87. The largest absolute Gasteiger partial charge is 0.490 e. The van der Waals surface area contributed by atoms with E-state index in [2.05, 4.69) is 4.98 Å². The van der Waals surface area contributed by atoms with Crippen LogP contribution in [0.5, 0.6) is 5.75 Å². The highest BCUT2D eigenvalue weighted by atomic mass is 32.1. The summed E-state index contributed by atoms with van der Waals surface area (Å²) in [6.45, 7) is 0.316. The molecule has 6 heteroatoms. The number of carbonyl (C=O) groups is 1. The number of carboxylic acid groups (broad SMARTS) is 1. The van der Waals surface area contributed by atoms with Gasteiger partial charge in [0.05, 0.1) is 17.3 Å². The normalized spacial score (nSPS) is 10.8. The zero-order chi connectivity index (χ0) is 14.4. The van der Waals surface area contributed by atoms with Gasteiger partial charge in [0, 0.05) is 17.9 Å². The van der Waals surface area contributed by atoms with Crippen molar-refractivity contribution in [2.75, 3.05) is 6.61 Å². The lowest BCUT2D eigenvalue weighted by atomic mass is 10.3. The van der Waals surface area contributed by atoms with Crippen molar-refractivity contribution in [2.24, 2.45) is 0 Å². The topological polar surface area (TPSA) is 59.4 Å². The molecule has 1 heterocycles. The second-order valence-corrected chi connectivity index (χ2v) is 4.81. The number of rotatable bonds is 6. The maximum absolute atomic E-state index is 13.3. The van der Waals surface area contributed by atoms with Crippen LogP contribution in [-0.2, 0) is 11.2 Å². The summed E-state index contributed by atoms with van der Waals surface area (Å²) in [5.74, 6) is -1.19. The van der Waals surface area contributed by atoms with Gasteiger partial charge in [-0.05, 0) is 18.2 Å². The Morgan fingerprint density at radius 1 is 1.45 bits per heavy atom. The molecule has 0 amide bonds. The van der Waals surface area contributed by atoms with E-state index in [1.807, 2.05) is 0 Å². The lowest BCUT2D eigenvalue weighted by molar-refractivity contribution is -0.131. The number of aliphatic carboxylic acids is 1. The maximum atomic E-state index is 13.3. The minimum absolute atomic E-state index is 0.218. The van der Waals surface area contributed by atoms with Crippen molar-refractivity contribution in [1.82, 2.24) is 4.98 Å². The highest BCUT2D eigenvalue weighted by molar-refractivity contribution is 7.09. The van der Waals surface area contributed by atoms with Gasteiger partial charge in [0.1, 0.15) is 0 Å². The van der Waals surface area contributed by atoms with Crippen LogP contribution >= 0.6 is 11.3 Å². The van der Waals surface area contributed by atoms with Gasteiger partial charge in [-0.25, -0.2) is 14.2 Å². The Kier molecular flexibility index (Phi) is 4.84. The third kappa shape index (κ3) is 4.17. The molecule has 0 aliphatic carbocycles. The molecule has 0 saturated carbocycles. The van der Waals surface area contributed by atoms with E-state index >= 15 is 0 Å². The number of aromatic nitrogens is 1. The molecule has 0 aliphatic rings. The quantitative estimate of drug-likeness (QED) is 0.832. The van der Waals surface area contributed by atoms with E-state index in [0.29, 0.717) is 18.7 Å². The minimum atomic E-state index is -1.01. The van der Waals surface area contributed by atoms with Crippen LogP contribution in [0.1, 0.15) is 10.7 Å². The number of ether oxygens (including phenoxy) is 1. The highest BCUT2D eigenvalue weighted by Crippen LogP contribution is 2.17. The molecule has 1 N–H and O–H groups in total. The summed E-state index contributed by atoms with van der Waals surface area (Å²) in [6.07, 6.45) is 3.01. The van der Waals surface area contributed by atoms with Crippen LogP contribution in [-0.4, -0.2) is 22.7 Å². The summed E-state index contributed by atoms with van der Waals surface area (Å²) in [6, 6.07) is 6.21.